The highest BCUT2D eigenvalue weighted by molar-refractivity contribution is 6.28. The van der Waals surface area contributed by atoms with Crippen molar-refractivity contribution in [2.75, 3.05) is 18.0 Å². The number of ether oxygens (including phenoxy) is 1. The maximum Gasteiger partial charge on any atom is 0.334 e. The lowest BCUT2D eigenvalue weighted by molar-refractivity contribution is -0.150. The normalized spacial score (nSPS) is 19.5. The fraction of sp³-hybridized carbons (Fsp3) is 0.545. The SMILES string of the molecule is CC(C)(C)OC(=O)C1=CC(CC#N)CN(c2nc(Cl)nc3c2CCC=CC3)CC1. The third kappa shape index (κ3) is 5.57. The fourth-order valence-corrected chi connectivity index (χ4v) is 3.89. The van der Waals surface area contributed by atoms with Gasteiger partial charge < -0.3 is 9.64 Å². The van der Waals surface area contributed by atoms with Crippen LogP contribution in [0, 0.1) is 17.2 Å². The van der Waals surface area contributed by atoms with Crippen molar-refractivity contribution >= 4 is 23.4 Å². The number of fused-ring (bicyclic) bond motifs is 1. The number of carbonyl (C=O) groups excluding carboxylic acids is 1. The first-order valence-electron chi connectivity index (χ1n) is 10.0. The van der Waals surface area contributed by atoms with Gasteiger partial charge in [0.1, 0.15) is 11.4 Å². The van der Waals surface area contributed by atoms with E-state index < -0.39 is 5.60 Å². The minimum Gasteiger partial charge on any atom is -0.457 e. The highest BCUT2D eigenvalue weighted by Gasteiger charge is 2.28. The predicted molar refractivity (Wildman–Crippen MR) is 113 cm³/mol. The summed E-state index contributed by atoms with van der Waals surface area (Å²) in [5.74, 6) is 0.426. The Balaban J connectivity index is 1.89. The monoisotopic (exact) mass is 414 g/mol. The lowest BCUT2D eigenvalue weighted by Crippen LogP contribution is -2.31. The zero-order chi connectivity index (χ0) is 21.0. The Morgan fingerprint density at radius 1 is 1.34 bits per heavy atom. The van der Waals surface area contributed by atoms with Gasteiger partial charge in [-0.1, -0.05) is 18.2 Å². The number of aromatic nitrogens is 2. The summed E-state index contributed by atoms with van der Waals surface area (Å²) in [6.07, 6.45) is 9.55. The van der Waals surface area contributed by atoms with E-state index in [1.54, 1.807) is 0 Å². The lowest BCUT2D eigenvalue weighted by Gasteiger charge is -2.27. The topological polar surface area (TPSA) is 79.1 Å². The third-order valence-corrected chi connectivity index (χ3v) is 5.11. The van der Waals surface area contributed by atoms with Crippen molar-refractivity contribution in [2.45, 2.75) is 58.5 Å². The Kier molecular flexibility index (Phi) is 6.59. The third-order valence-electron chi connectivity index (χ3n) is 4.94. The number of nitriles is 1. The fourth-order valence-electron chi connectivity index (χ4n) is 3.71. The van der Waals surface area contributed by atoms with Gasteiger partial charge in [-0.15, -0.1) is 0 Å². The van der Waals surface area contributed by atoms with Gasteiger partial charge >= 0.3 is 5.97 Å². The molecule has 1 atom stereocenters. The van der Waals surface area contributed by atoms with E-state index in [9.17, 15) is 10.1 Å². The Morgan fingerprint density at radius 2 is 2.14 bits per heavy atom. The highest BCUT2D eigenvalue weighted by Crippen LogP contribution is 2.30. The van der Waals surface area contributed by atoms with Crippen LogP contribution in [0.15, 0.2) is 23.8 Å². The first-order chi connectivity index (χ1) is 13.8. The van der Waals surface area contributed by atoms with Crippen LogP contribution >= 0.6 is 11.6 Å². The summed E-state index contributed by atoms with van der Waals surface area (Å²) in [4.78, 5) is 23.8. The molecule has 0 spiro atoms. The first-order valence-corrected chi connectivity index (χ1v) is 10.4. The van der Waals surface area contributed by atoms with Gasteiger partial charge in [0.15, 0.2) is 0 Å². The standard InChI is InChI=1S/C22H27ClN4O2/c1-22(2,3)29-20(28)16-10-12-27(14-15(13-16)9-11-24)19-17-7-5-4-6-8-18(17)25-21(23)26-19/h4,6,13,15H,5,7-10,12,14H2,1-3H3. The second-order valence-electron chi connectivity index (χ2n) is 8.47. The molecule has 1 aromatic rings. The van der Waals surface area contributed by atoms with Crippen molar-refractivity contribution in [3.63, 3.8) is 0 Å². The summed E-state index contributed by atoms with van der Waals surface area (Å²) in [6.45, 7) is 6.78. The van der Waals surface area contributed by atoms with Gasteiger partial charge in [-0.3, -0.25) is 0 Å². The van der Waals surface area contributed by atoms with Crippen LogP contribution in [-0.2, 0) is 22.4 Å². The molecule has 2 aliphatic rings. The number of nitrogens with zero attached hydrogens (tertiary/aromatic N) is 4. The van der Waals surface area contributed by atoms with Gasteiger partial charge in [0.2, 0.25) is 5.28 Å². The molecule has 0 N–H and O–H groups in total. The van der Waals surface area contributed by atoms with Gasteiger partial charge in [-0.2, -0.15) is 5.26 Å². The van der Waals surface area contributed by atoms with E-state index in [1.165, 1.54) is 0 Å². The van der Waals surface area contributed by atoms with E-state index in [1.807, 2.05) is 26.8 Å². The molecule has 6 nitrogen and oxygen atoms in total. The summed E-state index contributed by atoms with van der Waals surface area (Å²) in [5.41, 5.74) is 2.13. The number of carbonyl (C=O) groups is 1. The Hall–Kier alpha value is -2.39. The summed E-state index contributed by atoms with van der Waals surface area (Å²) in [5, 5.41) is 9.51. The molecule has 0 radical (unpaired) electrons. The van der Waals surface area contributed by atoms with Crippen molar-refractivity contribution in [1.82, 2.24) is 9.97 Å². The lowest BCUT2D eigenvalue weighted by atomic mass is 10.0. The number of anilines is 1. The molecule has 1 unspecified atom stereocenters. The van der Waals surface area contributed by atoms with E-state index in [4.69, 9.17) is 16.3 Å². The van der Waals surface area contributed by atoms with Crippen molar-refractivity contribution in [2.24, 2.45) is 5.92 Å². The molecule has 2 heterocycles. The molecule has 7 heteroatoms. The van der Waals surface area contributed by atoms with Crippen LogP contribution in [-0.4, -0.2) is 34.6 Å². The van der Waals surface area contributed by atoms with E-state index >= 15 is 0 Å². The van der Waals surface area contributed by atoms with Crippen molar-refractivity contribution < 1.29 is 9.53 Å². The van der Waals surface area contributed by atoms with E-state index in [-0.39, 0.29) is 17.2 Å². The van der Waals surface area contributed by atoms with Crippen LogP contribution in [0.3, 0.4) is 0 Å². The molecule has 0 bridgehead atoms. The average Bonchev–Trinajstić information content (AvgIpc) is 2.98. The van der Waals surface area contributed by atoms with E-state index in [2.05, 4.69) is 33.1 Å². The number of allylic oxidation sites excluding steroid dienone is 2. The largest absolute Gasteiger partial charge is 0.457 e. The Morgan fingerprint density at radius 3 is 2.86 bits per heavy atom. The molecule has 1 aliphatic heterocycles. The van der Waals surface area contributed by atoms with Crippen LogP contribution in [0.2, 0.25) is 5.28 Å². The Bertz CT molecular complexity index is 880. The molecule has 0 aromatic carbocycles. The average molecular weight is 415 g/mol. The quantitative estimate of drug-likeness (QED) is 0.419. The van der Waals surface area contributed by atoms with Crippen LogP contribution in [0.5, 0.6) is 0 Å². The first kappa shape index (κ1) is 21.3. The van der Waals surface area contributed by atoms with Gasteiger partial charge in [0, 0.05) is 43.0 Å². The summed E-state index contributed by atoms with van der Waals surface area (Å²) >= 11 is 6.23. The van der Waals surface area contributed by atoms with Gasteiger partial charge in [0.25, 0.3) is 0 Å². The molecule has 29 heavy (non-hydrogen) atoms. The molecule has 0 saturated carbocycles. The second-order valence-corrected chi connectivity index (χ2v) is 8.81. The molecule has 0 saturated heterocycles. The highest BCUT2D eigenvalue weighted by atomic mass is 35.5. The molecule has 1 aromatic heterocycles. The molecular formula is C22H27ClN4O2. The zero-order valence-electron chi connectivity index (χ0n) is 17.2. The van der Waals surface area contributed by atoms with E-state index in [0.29, 0.717) is 31.5 Å². The summed E-state index contributed by atoms with van der Waals surface area (Å²) in [6, 6.07) is 2.24. The van der Waals surface area contributed by atoms with Crippen molar-refractivity contribution in [1.29, 1.82) is 5.26 Å². The minimum absolute atomic E-state index is 0.0849. The van der Waals surface area contributed by atoms with Gasteiger partial charge in [0.05, 0.1) is 11.8 Å². The number of esters is 1. The molecule has 0 fully saturated rings. The zero-order valence-corrected chi connectivity index (χ0v) is 18.0. The molecule has 0 amide bonds. The van der Waals surface area contributed by atoms with Gasteiger partial charge in [-0.25, -0.2) is 14.8 Å². The molecular weight excluding hydrogens is 388 g/mol. The number of hydrogen-bond donors (Lipinski definition) is 0. The minimum atomic E-state index is -0.556. The van der Waals surface area contributed by atoms with Crippen molar-refractivity contribution in [3.8, 4) is 6.07 Å². The maximum absolute atomic E-state index is 12.6. The smallest absolute Gasteiger partial charge is 0.334 e. The predicted octanol–water partition coefficient (Wildman–Crippen LogP) is 4.18. The molecule has 154 valence electrons. The summed E-state index contributed by atoms with van der Waals surface area (Å²) < 4.78 is 5.56. The second kappa shape index (κ2) is 8.96. The number of hydrogen-bond acceptors (Lipinski definition) is 6. The van der Waals surface area contributed by atoms with Crippen molar-refractivity contribution in [3.05, 3.63) is 40.3 Å². The van der Waals surface area contributed by atoms with Crippen LogP contribution in [0.1, 0.15) is 51.3 Å². The van der Waals surface area contributed by atoms with Crippen LogP contribution in [0.4, 0.5) is 5.82 Å². The maximum atomic E-state index is 12.6. The molecule has 1 aliphatic carbocycles. The molecule has 3 rings (SSSR count). The number of halogens is 1. The van der Waals surface area contributed by atoms with Crippen LogP contribution in [0.25, 0.3) is 0 Å². The number of rotatable bonds is 3. The van der Waals surface area contributed by atoms with E-state index in [0.717, 1.165) is 36.3 Å². The Labute approximate surface area is 177 Å². The van der Waals surface area contributed by atoms with Gasteiger partial charge in [-0.05, 0) is 51.6 Å². The van der Waals surface area contributed by atoms with Crippen LogP contribution < -0.4 is 4.90 Å². The summed E-state index contributed by atoms with van der Waals surface area (Å²) in [7, 11) is 0.